The topological polar surface area (TPSA) is 60.8 Å². The second-order valence-electron chi connectivity index (χ2n) is 5.04. The van der Waals surface area contributed by atoms with Gasteiger partial charge in [0.05, 0.1) is 27.0 Å². The van der Waals surface area contributed by atoms with Gasteiger partial charge in [0, 0.05) is 16.5 Å². The Bertz CT molecular complexity index is 817. The van der Waals surface area contributed by atoms with Crippen LogP contribution in [0.15, 0.2) is 41.8 Å². The van der Waals surface area contributed by atoms with Crippen LogP contribution in [0.3, 0.4) is 0 Å². The Morgan fingerprint density at radius 3 is 2.04 bits per heavy atom. The molecule has 1 N–H and O–H groups in total. The van der Waals surface area contributed by atoms with Crippen LogP contribution in [-0.2, 0) is 0 Å². The maximum Gasteiger partial charge on any atom is 0.203 e. The lowest BCUT2D eigenvalue weighted by atomic mass is 10.0. The van der Waals surface area contributed by atoms with E-state index in [0.29, 0.717) is 17.2 Å². The number of nitrogens with zero attached hydrogens (tertiary/aromatic N) is 1. The molecule has 0 aliphatic carbocycles. The van der Waals surface area contributed by atoms with Crippen LogP contribution in [-0.4, -0.2) is 30.8 Å². The predicted octanol–water partition coefficient (Wildman–Crippen LogP) is 4.21. The van der Waals surface area contributed by atoms with Crippen LogP contribution in [0.4, 0.5) is 0 Å². The Balaban J connectivity index is 2.14. The van der Waals surface area contributed by atoms with Crippen molar-refractivity contribution < 1.29 is 19.3 Å². The van der Waals surface area contributed by atoms with Crippen molar-refractivity contribution in [2.45, 2.75) is 0 Å². The van der Waals surface area contributed by atoms with Crippen molar-refractivity contribution in [2.24, 2.45) is 0 Å². The summed E-state index contributed by atoms with van der Waals surface area (Å²) >= 11 is 1.37. The molecule has 0 aliphatic heterocycles. The van der Waals surface area contributed by atoms with E-state index in [4.69, 9.17) is 14.2 Å². The van der Waals surface area contributed by atoms with Gasteiger partial charge in [0.1, 0.15) is 5.75 Å². The summed E-state index contributed by atoms with van der Waals surface area (Å²) in [6.45, 7) is 0. The molecular weight excluding hydrogens is 326 g/mol. The third-order valence-corrected chi connectivity index (χ3v) is 4.32. The second kappa shape index (κ2) is 6.80. The number of phenols is 1. The second-order valence-corrected chi connectivity index (χ2v) is 5.67. The van der Waals surface area contributed by atoms with Crippen molar-refractivity contribution in [3.63, 3.8) is 0 Å². The summed E-state index contributed by atoms with van der Waals surface area (Å²) in [5.74, 6) is 1.94. The highest BCUT2D eigenvalue weighted by molar-refractivity contribution is 7.04. The largest absolute Gasteiger partial charge is 0.508 e. The summed E-state index contributed by atoms with van der Waals surface area (Å²) < 4.78 is 20.7. The highest BCUT2D eigenvalue weighted by Gasteiger charge is 2.18. The number of rotatable bonds is 5. The third-order valence-electron chi connectivity index (χ3n) is 3.69. The molecule has 2 aromatic carbocycles. The molecule has 0 amide bonds. The fourth-order valence-electron chi connectivity index (χ4n) is 2.51. The molecule has 0 aliphatic rings. The summed E-state index contributed by atoms with van der Waals surface area (Å²) in [6, 6.07) is 10.8. The lowest BCUT2D eigenvalue weighted by molar-refractivity contribution is 0.324. The molecule has 0 fully saturated rings. The van der Waals surface area contributed by atoms with Gasteiger partial charge >= 0.3 is 0 Å². The van der Waals surface area contributed by atoms with Crippen molar-refractivity contribution in [3.8, 4) is 45.4 Å². The first-order chi connectivity index (χ1) is 11.7. The molecule has 124 valence electrons. The van der Waals surface area contributed by atoms with Crippen LogP contribution < -0.4 is 14.2 Å². The van der Waals surface area contributed by atoms with Gasteiger partial charge in [-0.3, -0.25) is 0 Å². The van der Waals surface area contributed by atoms with Crippen molar-refractivity contribution in [2.75, 3.05) is 21.3 Å². The molecule has 24 heavy (non-hydrogen) atoms. The average molecular weight is 343 g/mol. The molecule has 3 rings (SSSR count). The highest BCUT2D eigenvalue weighted by atomic mass is 32.1. The summed E-state index contributed by atoms with van der Waals surface area (Å²) in [5, 5.41) is 11.5. The van der Waals surface area contributed by atoms with Crippen molar-refractivity contribution in [3.05, 3.63) is 41.8 Å². The first-order valence-corrected chi connectivity index (χ1v) is 8.05. The molecule has 1 heterocycles. The Morgan fingerprint density at radius 2 is 1.50 bits per heavy atom. The van der Waals surface area contributed by atoms with E-state index in [0.717, 1.165) is 22.4 Å². The number of benzene rings is 2. The molecular formula is C18H17NO4S. The minimum Gasteiger partial charge on any atom is -0.508 e. The maximum absolute atomic E-state index is 9.47. The fourth-order valence-corrected chi connectivity index (χ4v) is 3.22. The van der Waals surface area contributed by atoms with E-state index in [1.54, 1.807) is 33.5 Å². The monoisotopic (exact) mass is 343 g/mol. The third kappa shape index (κ3) is 2.88. The van der Waals surface area contributed by atoms with E-state index >= 15 is 0 Å². The van der Waals surface area contributed by atoms with E-state index in [1.165, 1.54) is 11.5 Å². The number of methoxy groups -OCH3 is 3. The number of hydrogen-bond donors (Lipinski definition) is 1. The van der Waals surface area contributed by atoms with E-state index in [2.05, 4.69) is 4.37 Å². The van der Waals surface area contributed by atoms with E-state index in [1.807, 2.05) is 29.6 Å². The highest BCUT2D eigenvalue weighted by Crippen LogP contribution is 2.43. The lowest BCUT2D eigenvalue weighted by Gasteiger charge is -2.14. The Labute approximate surface area is 144 Å². The van der Waals surface area contributed by atoms with Gasteiger partial charge in [0.15, 0.2) is 11.5 Å². The Morgan fingerprint density at radius 1 is 0.875 bits per heavy atom. The number of aromatic hydroxyl groups is 1. The first kappa shape index (κ1) is 16.1. The summed E-state index contributed by atoms with van der Waals surface area (Å²) in [4.78, 5) is 0. The van der Waals surface area contributed by atoms with Gasteiger partial charge in [0.25, 0.3) is 0 Å². The summed E-state index contributed by atoms with van der Waals surface area (Å²) in [7, 11) is 4.75. The molecule has 0 saturated carbocycles. The minimum atomic E-state index is 0.233. The summed E-state index contributed by atoms with van der Waals surface area (Å²) in [6.07, 6.45) is 0. The fraction of sp³-hybridized carbons (Fsp3) is 0.167. The SMILES string of the molecule is COc1cc(-c2nscc2-c2ccc(O)cc2)cc(OC)c1OC. The van der Waals surface area contributed by atoms with E-state index in [-0.39, 0.29) is 5.75 Å². The molecule has 5 nitrogen and oxygen atoms in total. The Kier molecular flexibility index (Phi) is 4.57. The van der Waals surface area contributed by atoms with Gasteiger partial charge in [-0.25, -0.2) is 0 Å². The zero-order chi connectivity index (χ0) is 17.1. The van der Waals surface area contributed by atoms with Crippen LogP contribution in [0.1, 0.15) is 0 Å². The smallest absolute Gasteiger partial charge is 0.203 e. The molecule has 1 aromatic heterocycles. The van der Waals surface area contributed by atoms with Crippen LogP contribution in [0, 0.1) is 0 Å². The van der Waals surface area contributed by atoms with Crippen molar-refractivity contribution in [1.82, 2.24) is 4.37 Å². The normalized spacial score (nSPS) is 10.5. The molecule has 0 atom stereocenters. The average Bonchev–Trinajstić information content (AvgIpc) is 3.10. The molecule has 0 unspecified atom stereocenters. The Hall–Kier alpha value is -2.73. The quantitative estimate of drug-likeness (QED) is 0.752. The molecule has 0 bridgehead atoms. The number of aromatic nitrogens is 1. The molecule has 0 radical (unpaired) electrons. The number of phenolic OH excluding ortho intramolecular Hbond substituents is 1. The number of ether oxygens (including phenoxy) is 3. The zero-order valence-electron chi connectivity index (χ0n) is 13.6. The zero-order valence-corrected chi connectivity index (χ0v) is 14.4. The minimum absolute atomic E-state index is 0.233. The van der Waals surface area contributed by atoms with Gasteiger partial charge in [0.2, 0.25) is 5.75 Å². The van der Waals surface area contributed by atoms with Gasteiger partial charge in [-0.1, -0.05) is 12.1 Å². The van der Waals surface area contributed by atoms with Crippen molar-refractivity contribution >= 4 is 11.5 Å². The van der Waals surface area contributed by atoms with Crippen molar-refractivity contribution in [1.29, 1.82) is 0 Å². The van der Waals surface area contributed by atoms with Gasteiger partial charge in [-0.2, -0.15) is 4.37 Å². The molecule has 0 spiro atoms. The standard InChI is InChI=1S/C18H17NO4S/c1-21-15-8-12(9-16(22-2)18(15)23-3)17-14(10-24-19-17)11-4-6-13(20)7-5-11/h4-10,20H,1-3H3. The van der Waals surface area contributed by atoms with Gasteiger partial charge in [-0.05, 0) is 41.4 Å². The van der Waals surface area contributed by atoms with E-state index < -0.39 is 0 Å². The summed E-state index contributed by atoms with van der Waals surface area (Å²) in [5.41, 5.74) is 3.65. The molecule has 3 aromatic rings. The van der Waals surface area contributed by atoms with Crippen LogP contribution in [0.2, 0.25) is 0 Å². The molecule has 6 heteroatoms. The van der Waals surface area contributed by atoms with Gasteiger partial charge < -0.3 is 19.3 Å². The van der Waals surface area contributed by atoms with Crippen LogP contribution in [0.5, 0.6) is 23.0 Å². The maximum atomic E-state index is 9.47. The lowest BCUT2D eigenvalue weighted by Crippen LogP contribution is -1.96. The first-order valence-electron chi connectivity index (χ1n) is 7.22. The number of hydrogen-bond acceptors (Lipinski definition) is 6. The van der Waals surface area contributed by atoms with Crippen LogP contribution in [0.25, 0.3) is 22.4 Å². The molecule has 0 saturated heterocycles. The van der Waals surface area contributed by atoms with E-state index in [9.17, 15) is 5.11 Å². The van der Waals surface area contributed by atoms with Gasteiger partial charge in [-0.15, -0.1) is 0 Å². The van der Waals surface area contributed by atoms with Crippen LogP contribution >= 0.6 is 11.5 Å². The predicted molar refractivity (Wildman–Crippen MR) is 94.3 cm³/mol.